The number of rotatable bonds is 5. The largest absolute Gasteiger partial charge is 0.354 e. The van der Waals surface area contributed by atoms with Crippen molar-refractivity contribution in [3.63, 3.8) is 0 Å². The highest BCUT2D eigenvalue weighted by Crippen LogP contribution is 2.33. The number of hydrogen-bond donors (Lipinski definition) is 1. The van der Waals surface area contributed by atoms with Gasteiger partial charge >= 0.3 is 5.97 Å². The maximum absolute atomic E-state index is 13.6. The third kappa shape index (κ3) is 3.84. The fourth-order valence-corrected chi connectivity index (χ4v) is 5.32. The van der Waals surface area contributed by atoms with Crippen molar-refractivity contribution in [2.75, 3.05) is 0 Å². The minimum Gasteiger partial charge on any atom is -0.328 e. The molecule has 1 heterocycles. The van der Waals surface area contributed by atoms with Crippen LogP contribution in [0.1, 0.15) is 52.8 Å². The summed E-state index contributed by atoms with van der Waals surface area (Å²) < 4.78 is 41.7. The molecule has 2 aliphatic rings. The first-order valence-electron chi connectivity index (χ1n) is 9.73. The zero-order valence-electron chi connectivity index (χ0n) is 16.3. The zero-order chi connectivity index (χ0) is 22.2. The second-order valence-electron chi connectivity index (χ2n) is 7.53. The monoisotopic (exact) mass is 446 g/mol. The van der Waals surface area contributed by atoms with Crippen LogP contribution in [0.15, 0.2) is 53.4 Å². The molecule has 1 N–H and O–H groups in total. The number of sulfonamides is 1. The molecule has 8 nitrogen and oxygen atoms in total. The normalized spacial score (nSPS) is 18.0. The van der Waals surface area contributed by atoms with Gasteiger partial charge in [-0.2, -0.15) is 4.72 Å². The number of halogens is 1. The first kappa shape index (κ1) is 21.1. The van der Waals surface area contributed by atoms with Crippen molar-refractivity contribution in [2.45, 2.75) is 42.5 Å². The average molecular weight is 446 g/mol. The molecule has 1 fully saturated rings. The molecule has 162 valence electrons. The third-order valence-corrected chi connectivity index (χ3v) is 7.00. The lowest BCUT2D eigenvalue weighted by atomic mass is 9.83. The molecular weight excluding hydrogens is 427 g/mol. The molecule has 0 atom stereocenters. The molecule has 0 spiro atoms. The van der Waals surface area contributed by atoms with Crippen molar-refractivity contribution in [1.82, 2.24) is 9.79 Å². The van der Waals surface area contributed by atoms with E-state index in [0.717, 1.165) is 18.6 Å². The van der Waals surface area contributed by atoms with Crippen LogP contribution in [-0.2, 0) is 19.7 Å². The SMILES string of the molecule is O=C1c2ccccc2C(=O)N1OC(=O)C1(NS(=O)(=O)c2cccc(F)c2)CCCCC1. The Morgan fingerprint density at radius 2 is 1.58 bits per heavy atom. The van der Waals surface area contributed by atoms with E-state index in [-0.39, 0.29) is 28.9 Å². The van der Waals surface area contributed by atoms with Crippen LogP contribution >= 0.6 is 0 Å². The fourth-order valence-electron chi connectivity index (χ4n) is 3.87. The molecule has 0 bridgehead atoms. The second-order valence-corrected chi connectivity index (χ2v) is 9.22. The maximum Gasteiger partial charge on any atom is 0.354 e. The lowest BCUT2D eigenvalue weighted by molar-refractivity contribution is -0.177. The van der Waals surface area contributed by atoms with Crippen LogP contribution in [0.2, 0.25) is 0 Å². The van der Waals surface area contributed by atoms with Crippen molar-refractivity contribution in [3.8, 4) is 0 Å². The number of amides is 2. The number of imide groups is 1. The number of nitrogens with one attached hydrogen (secondary N) is 1. The van der Waals surface area contributed by atoms with Gasteiger partial charge in [0.25, 0.3) is 11.8 Å². The Morgan fingerprint density at radius 1 is 0.968 bits per heavy atom. The molecule has 10 heteroatoms. The summed E-state index contributed by atoms with van der Waals surface area (Å²) >= 11 is 0. The van der Waals surface area contributed by atoms with Gasteiger partial charge in [0.2, 0.25) is 10.0 Å². The van der Waals surface area contributed by atoms with Crippen LogP contribution in [0.25, 0.3) is 0 Å². The average Bonchev–Trinajstić information content (AvgIpc) is 2.99. The summed E-state index contributed by atoms with van der Waals surface area (Å²) in [5.74, 6) is -3.39. The molecule has 1 saturated carbocycles. The Balaban J connectivity index is 1.62. The topological polar surface area (TPSA) is 110 Å². The number of nitrogens with zero attached hydrogens (tertiary/aromatic N) is 1. The number of hydrogen-bond acceptors (Lipinski definition) is 6. The van der Waals surface area contributed by atoms with Crippen molar-refractivity contribution in [2.24, 2.45) is 0 Å². The zero-order valence-corrected chi connectivity index (χ0v) is 17.2. The fraction of sp³-hybridized carbons (Fsp3) is 0.286. The van der Waals surface area contributed by atoms with E-state index in [1.54, 1.807) is 12.1 Å². The summed E-state index contributed by atoms with van der Waals surface area (Å²) in [7, 11) is -4.28. The predicted octanol–water partition coefficient (Wildman–Crippen LogP) is 2.56. The maximum atomic E-state index is 13.6. The van der Waals surface area contributed by atoms with Gasteiger partial charge in [-0.25, -0.2) is 17.6 Å². The summed E-state index contributed by atoms with van der Waals surface area (Å²) in [4.78, 5) is 43.0. The van der Waals surface area contributed by atoms with Crippen LogP contribution in [0.3, 0.4) is 0 Å². The van der Waals surface area contributed by atoms with Crippen LogP contribution in [0.4, 0.5) is 4.39 Å². The van der Waals surface area contributed by atoms with E-state index < -0.39 is 39.2 Å². The van der Waals surface area contributed by atoms with E-state index in [0.29, 0.717) is 17.9 Å². The molecule has 31 heavy (non-hydrogen) atoms. The van der Waals surface area contributed by atoms with Crippen LogP contribution in [0.5, 0.6) is 0 Å². The van der Waals surface area contributed by atoms with Gasteiger partial charge in [0.05, 0.1) is 16.0 Å². The Kier molecular flexibility index (Phi) is 5.36. The van der Waals surface area contributed by atoms with E-state index in [1.807, 2.05) is 0 Å². The summed E-state index contributed by atoms with van der Waals surface area (Å²) in [6, 6.07) is 10.4. The van der Waals surface area contributed by atoms with E-state index >= 15 is 0 Å². The Morgan fingerprint density at radius 3 is 2.16 bits per heavy atom. The Bertz CT molecular complexity index is 1140. The molecule has 0 saturated heterocycles. The first-order valence-corrected chi connectivity index (χ1v) is 11.2. The Hall–Kier alpha value is -3.11. The highest BCUT2D eigenvalue weighted by molar-refractivity contribution is 7.89. The molecular formula is C21H19FN2O6S. The van der Waals surface area contributed by atoms with Gasteiger partial charge in [-0.3, -0.25) is 9.59 Å². The summed E-state index contributed by atoms with van der Waals surface area (Å²) in [6.07, 6.45) is 2.07. The molecule has 2 amide bonds. The quantitative estimate of drug-likeness (QED) is 0.707. The third-order valence-electron chi connectivity index (χ3n) is 5.46. The summed E-state index contributed by atoms with van der Waals surface area (Å²) in [5, 5.41) is 0.361. The minimum absolute atomic E-state index is 0.0957. The molecule has 0 aromatic heterocycles. The van der Waals surface area contributed by atoms with Crippen molar-refractivity contribution in [3.05, 3.63) is 65.5 Å². The van der Waals surface area contributed by atoms with Crippen molar-refractivity contribution < 1.29 is 32.0 Å². The van der Waals surface area contributed by atoms with Gasteiger partial charge < -0.3 is 4.84 Å². The standard InChI is InChI=1S/C21H19FN2O6S/c22-14-7-6-8-15(13-14)31(28,29)23-21(11-4-1-5-12-21)20(27)30-24-18(25)16-9-2-3-10-17(16)19(24)26/h2-3,6-10,13,23H,1,4-5,11-12H2. The number of benzene rings is 2. The van der Waals surface area contributed by atoms with Gasteiger partial charge in [-0.1, -0.05) is 42.5 Å². The molecule has 4 rings (SSSR count). The van der Waals surface area contributed by atoms with Gasteiger partial charge in [-0.05, 0) is 43.2 Å². The van der Waals surface area contributed by atoms with Crippen molar-refractivity contribution in [1.29, 1.82) is 0 Å². The van der Waals surface area contributed by atoms with E-state index in [1.165, 1.54) is 24.3 Å². The van der Waals surface area contributed by atoms with E-state index in [4.69, 9.17) is 4.84 Å². The highest BCUT2D eigenvalue weighted by atomic mass is 32.2. The van der Waals surface area contributed by atoms with Gasteiger partial charge in [-0.15, -0.1) is 0 Å². The number of carbonyl (C=O) groups excluding carboxylic acids is 3. The van der Waals surface area contributed by atoms with E-state index in [9.17, 15) is 27.2 Å². The lowest BCUT2D eigenvalue weighted by Gasteiger charge is -2.35. The smallest absolute Gasteiger partial charge is 0.328 e. The van der Waals surface area contributed by atoms with Crippen molar-refractivity contribution >= 4 is 27.8 Å². The summed E-state index contributed by atoms with van der Waals surface area (Å²) in [6.45, 7) is 0. The summed E-state index contributed by atoms with van der Waals surface area (Å²) in [5.41, 5.74) is -1.49. The number of fused-ring (bicyclic) bond motifs is 1. The molecule has 0 radical (unpaired) electrons. The molecule has 1 aliphatic carbocycles. The Labute approximate surface area is 178 Å². The number of hydroxylamine groups is 2. The van der Waals surface area contributed by atoms with Crippen LogP contribution in [0, 0.1) is 5.82 Å². The van der Waals surface area contributed by atoms with Gasteiger partial charge in [0, 0.05) is 0 Å². The van der Waals surface area contributed by atoms with Gasteiger partial charge in [0.15, 0.2) is 0 Å². The highest BCUT2D eigenvalue weighted by Gasteiger charge is 2.48. The molecule has 2 aromatic rings. The minimum atomic E-state index is -4.28. The van der Waals surface area contributed by atoms with Gasteiger partial charge in [0.1, 0.15) is 11.4 Å². The lowest BCUT2D eigenvalue weighted by Crippen LogP contribution is -2.57. The predicted molar refractivity (Wildman–Crippen MR) is 106 cm³/mol. The molecule has 2 aromatic carbocycles. The van der Waals surface area contributed by atoms with E-state index in [2.05, 4.69) is 4.72 Å². The first-order chi connectivity index (χ1) is 14.7. The van der Waals surface area contributed by atoms with Crippen LogP contribution in [-0.4, -0.2) is 36.8 Å². The van der Waals surface area contributed by atoms with Crippen LogP contribution < -0.4 is 4.72 Å². The molecule has 1 aliphatic heterocycles. The second kappa shape index (κ2) is 7.86. The molecule has 0 unspecified atom stereocenters. The number of carbonyl (C=O) groups is 3.